The molecule has 1 atom stereocenters. The molecule has 1 aliphatic heterocycles. The van der Waals surface area contributed by atoms with E-state index in [2.05, 4.69) is 4.98 Å². The predicted molar refractivity (Wildman–Crippen MR) is 93.9 cm³/mol. The summed E-state index contributed by atoms with van der Waals surface area (Å²) in [5.41, 5.74) is 3.25. The van der Waals surface area contributed by atoms with Gasteiger partial charge in [0.2, 0.25) is 11.7 Å². The minimum atomic E-state index is -2.08. The van der Waals surface area contributed by atoms with Gasteiger partial charge < -0.3 is 4.90 Å². The number of rotatable bonds is 3. The summed E-state index contributed by atoms with van der Waals surface area (Å²) >= 11 is 7.74. The summed E-state index contributed by atoms with van der Waals surface area (Å²) in [4.78, 5) is 17.9. The highest BCUT2D eigenvalue weighted by Crippen LogP contribution is 2.43. The van der Waals surface area contributed by atoms with Gasteiger partial charge in [-0.2, -0.15) is 0 Å². The fraction of sp³-hybridized carbons (Fsp3) is 0.222. The molecule has 2 aromatic carbocycles. The number of amides is 1. The number of hydrogen-bond acceptors (Lipinski definition) is 3. The van der Waals surface area contributed by atoms with Gasteiger partial charge in [-0.25, -0.2) is 9.37 Å². The zero-order valence-electron chi connectivity index (χ0n) is 12.7. The minimum absolute atomic E-state index is 0.193. The van der Waals surface area contributed by atoms with E-state index in [9.17, 15) is 4.79 Å². The van der Waals surface area contributed by atoms with Crippen LogP contribution in [0.1, 0.15) is 24.0 Å². The van der Waals surface area contributed by atoms with Crippen LogP contribution in [-0.2, 0) is 10.6 Å². The van der Waals surface area contributed by atoms with E-state index in [1.807, 2.05) is 0 Å². The van der Waals surface area contributed by atoms with Crippen LogP contribution in [0.15, 0.2) is 48.0 Å². The first kappa shape index (κ1) is 15.5. The topological polar surface area (TPSA) is 33.2 Å². The van der Waals surface area contributed by atoms with Crippen molar-refractivity contribution in [3.8, 4) is 0 Å². The zero-order valence-corrected chi connectivity index (χ0v) is 14.3. The third-order valence-corrected chi connectivity index (χ3v) is 5.51. The molecule has 3 nitrogen and oxygen atoms in total. The van der Waals surface area contributed by atoms with Gasteiger partial charge >= 0.3 is 0 Å². The number of carbonyl (C=O) groups is 1. The number of halogens is 2. The molecule has 0 bridgehead atoms. The summed E-state index contributed by atoms with van der Waals surface area (Å²) in [6.07, 6.45) is 1.01. The van der Waals surface area contributed by atoms with Gasteiger partial charge in [0.25, 0.3) is 0 Å². The van der Waals surface area contributed by atoms with Crippen LogP contribution in [0.5, 0.6) is 0 Å². The highest BCUT2D eigenvalue weighted by Gasteiger charge is 2.46. The van der Waals surface area contributed by atoms with Crippen molar-refractivity contribution in [2.24, 2.45) is 0 Å². The molecule has 1 aromatic heterocycles. The highest BCUT2D eigenvalue weighted by molar-refractivity contribution is 7.16. The lowest BCUT2D eigenvalue weighted by molar-refractivity contribution is -0.138. The van der Waals surface area contributed by atoms with Gasteiger partial charge in [-0.1, -0.05) is 35.9 Å². The summed E-state index contributed by atoms with van der Waals surface area (Å²) in [6, 6.07) is 12.0. The van der Waals surface area contributed by atoms with E-state index in [1.165, 1.54) is 16.2 Å². The van der Waals surface area contributed by atoms with Crippen LogP contribution in [0.25, 0.3) is 10.2 Å². The smallest absolute Gasteiger partial charge is 0.238 e. The van der Waals surface area contributed by atoms with E-state index in [0.717, 1.165) is 10.2 Å². The van der Waals surface area contributed by atoms with Gasteiger partial charge in [0.15, 0.2) is 0 Å². The Bertz CT molecular complexity index is 928. The second kappa shape index (κ2) is 5.83. The van der Waals surface area contributed by atoms with Crippen LogP contribution in [0.3, 0.4) is 0 Å². The van der Waals surface area contributed by atoms with Crippen LogP contribution in [0, 0.1) is 0 Å². The van der Waals surface area contributed by atoms with Crippen molar-refractivity contribution < 1.29 is 9.18 Å². The van der Waals surface area contributed by atoms with Gasteiger partial charge in [-0.15, -0.1) is 11.3 Å². The zero-order chi connectivity index (χ0) is 16.7. The second-order valence-corrected chi connectivity index (χ2v) is 7.08. The van der Waals surface area contributed by atoms with Crippen molar-refractivity contribution >= 4 is 39.1 Å². The van der Waals surface area contributed by atoms with Gasteiger partial charge in [-0.3, -0.25) is 4.79 Å². The summed E-state index contributed by atoms with van der Waals surface area (Å²) < 4.78 is 17.4. The average molecular weight is 361 g/mol. The van der Waals surface area contributed by atoms with E-state index in [0.29, 0.717) is 35.5 Å². The van der Waals surface area contributed by atoms with Crippen molar-refractivity contribution in [3.05, 3.63) is 64.1 Å². The number of thiazole rings is 1. The van der Waals surface area contributed by atoms with Crippen molar-refractivity contribution in [2.45, 2.75) is 18.6 Å². The minimum Gasteiger partial charge on any atom is -0.302 e. The van der Waals surface area contributed by atoms with Crippen molar-refractivity contribution in [1.29, 1.82) is 0 Å². The van der Waals surface area contributed by atoms with Crippen LogP contribution >= 0.6 is 22.9 Å². The number of likely N-dealkylation sites (tertiary alicyclic amines) is 1. The molecule has 1 aliphatic rings. The van der Waals surface area contributed by atoms with Crippen molar-refractivity contribution in [2.75, 3.05) is 6.54 Å². The van der Waals surface area contributed by atoms with Crippen molar-refractivity contribution in [3.63, 3.8) is 0 Å². The molecule has 1 fully saturated rings. The highest BCUT2D eigenvalue weighted by atomic mass is 35.5. The van der Waals surface area contributed by atoms with E-state index in [4.69, 9.17) is 11.6 Å². The Morgan fingerprint density at radius 3 is 2.83 bits per heavy atom. The number of carbonyl (C=O) groups excluding carboxylic acids is 1. The molecule has 1 saturated heterocycles. The Morgan fingerprint density at radius 2 is 2.08 bits per heavy atom. The van der Waals surface area contributed by atoms with E-state index >= 15 is 4.39 Å². The summed E-state index contributed by atoms with van der Waals surface area (Å²) in [7, 11) is 0. The van der Waals surface area contributed by atoms with Crippen LogP contribution < -0.4 is 0 Å². The molecular weight excluding hydrogens is 347 g/mol. The van der Waals surface area contributed by atoms with E-state index in [1.54, 1.807) is 48.0 Å². The van der Waals surface area contributed by atoms with E-state index < -0.39 is 5.79 Å². The van der Waals surface area contributed by atoms with Gasteiger partial charge in [0, 0.05) is 29.1 Å². The SMILES string of the molecule is O=C1CCCN1C(F)(c1ccc2ncsc2c1)c1ccccc1Cl. The molecule has 0 saturated carbocycles. The van der Waals surface area contributed by atoms with Gasteiger partial charge in [0.05, 0.1) is 15.7 Å². The Morgan fingerprint density at radius 1 is 1.25 bits per heavy atom. The first-order valence-electron chi connectivity index (χ1n) is 7.69. The molecule has 0 spiro atoms. The summed E-state index contributed by atoms with van der Waals surface area (Å²) in [6.45, 7) is 0.376. The largest absolute Gasteiger partial charge is 0.302 e. The molecule has 2 heterocycles. The molecule has 0 aliphatic carbocycles. The number of hydrogen-bond donors (Lipinski definition) is 0. The molecule has 4 rings (SSSR count). The maximum atomic E-state index is 16.5. The Hall–Kier alpha value is -1.98. The Balaban J connectivity index is 1.96. The number of fused-ring (bicyclic) bond motifs is 1. The lowest BCUT2D eigenvalue weighted by Gasteiger charge is -2.36. The van der Waals surface area contributed by atoms with Gasteiger partial charge in [0.1, 0.15) is 0 Å². The lowest BCUT2D eigenvalue weighted by atomic mass is 9.94. The Labute approximate surface area is 147 Å². The lowest BCUT2D eigenvalue weighted by Crippen LogP contribution is -2.44. The first-order chi connectivity index (χ1) is 11.6. The van der Waals surface area contributed by atoms with Crippen LogP contribution in [-0.4, -0.2) is 22.3 Å². The molecule has 0 N–H and O–H groups in total. The third kappa shape index (κ3) is 2.31. The average Bonchev–Trinajstić information content (AvgIpc) is 3.22. The fourth-order valence-electron chi connectivity index (χ4n) is 3.22. The van der Waals surface area contributed by atoms with Gasteiger partial charge in [-0.05, 0) is 24.6 Å². The van der Waals surface area contributed by atoms with Crippen LogP contribution in [0.4, 0.5) is 4.39 Å². The Kier molecular flexibility index (Phi) is 3.77. The number of nitrogens with zero attached hydrogens (tertiary/aromatic N) is 2. The maximum absolute atomic E-state index is 16.5. The van der Waals surface area contributed by atoms with Crippen molar-refractivity contribution in [1.82, 2.24) is 9.88 Å². The normalized spacial score (nSPS) is 17.4. The monoisotopic (exact) mass is 360 g/mol. The molecule has 1 amide bonds. The van der Waals surface area contributed by atoms with E-state index in [-0.39, 0.29) is 5.91 Å². The maximum Gasteiger partial charge on any atom is 0.238 e. The standard InChI is InChI=1S/C18H14ClFN2OS/c19-14-5-2-1-4-13(14)18(20,22-9-3-6-17(22)23)12-7-8-15-16(10-12)24-11-21-15/h1-2,4-5,7-8,10-11H,3,6,9H2. The fourth-order valence-corrected chi connectivity index (χ4v) is 4.20. The molecule has 3 aromatic rings. The molecule has 1 unspecified atom stereocenters. The number of aromatic nitrogens is 1. The van der Waals surface area contributed by atoms with Crippen LogP contribution in [0.2, 0.25) is 5.02 Å². The molecule has 24 heavy (non-hydrogen) atoms. The second-order valence-electron chi connectivity index (χ2n) is 5.79. The molecule has 122 valence electrons. The summed E-state index contributed by atoms with van der Waals surface area (Å²) in [5.74, 6) is -2.27. The number of alkyl halides is 1. The molecular formula is C18H14ClFN2OS. The predicted octanol–water partition coefficient (Wildman–Crippen LogP) is 4.74. The summed E-state index contributed by atoms with van der Waals surface area (Å²) in [5, 5.41) is 0.309. The third-order valence-electron chi connectivity index (χ3n) is 4.39. The number of benzene rings is 2. The first-order valence-corrected chi connectivity index (χ1v) is 8.94. The molecule has 0 radical (unpaired) electrons. The quantitative estimate of drug-likeness (QED) is 0.632. The molecule has 6 heteroatoms.